The van der Waals surface area contributed by atoms with E-state index in [2.05, 4.69) is 60.7 Å². The highest BCUT2D eigenvalue weighted by Crippen LogP contribution is 2.47. The molecule has 2 aromatic carbocycles. The first-order chi connectivity index (χ1) is 17.6. The fourth-order valence-corrected chi connectivity index (χ4v) is 6.76. The molecule has 2 spiro atoms. The summed E-state index contributed by atoms with van der Waals surface area (Å²) in [4.78, 5) is 0. The summed E-state index contributed by atoms with van der Waals surface area (Å²) in [6.45, 7) is 4.27. The van der Waals surface area contributed by atoms with Crippen LogP contribution in [-0.4, -0.2) is 51.1 Å². The van der Waals surface area contributed by atoms with Crippen LogP contribution in [0.1, 0.15) is 62.5 Å². The van der Waals surface area contributed by atoms with Crippen molar-refractivity contribution in [3.63, 3.8) is 0 Å². The summed E-state index contributed by atoms with van der Waals surface area (Å²) < 4.78 is 23.3. The molecule has 2 aliphatic carbocycles. The van der Waals surface area contributed by atoms with E-state index in [-0.39, 0.29) is 22.4 Å². The summed E-state index contributed by atoms with van der Waals surface area (Å²) in [5.41, 5.74) is 15.0. The number of benzene rings is 2. The van der Waals surface area contributed by atoms with E-state index in [9.17, 15) is 0 Å². The fourth-order valence-electron chi connectivity index (χ4n) is 6.76. The molecule has 0 aromatic heterocycles. The Bertz CT molecular complexity index is 947. The van der Waals surface area contributed by atoms with Crippen molar-refractivity contribution >= 4 is 0 Å². The van der Waals surface area contributed by atoms with Crippen LogP contribution in [0, 0.1) is 0 Å². The molecule has 36 heavy (non-hydrogen) atoms. The van der Waals surface area contributed by atoms with E-state index < -0.39 is 0 Å². The van der Waals surface area contributed by atoms with Crippen molar-refractivity contribution in [2.24, 2.45) is 11.5 Å². The van der Waals surface area contributed by atoms with Gasteiger partial charge in [0.15, 0.2) is 11.6 Å². The average molecular weight is 495 g/mol. The smallest absolute Gasteiger partial charge is 0.169 e. The van der Waals surface area contributed by atoms with Gasteiger partial charge < -0.3 is 30.4 Å². The minimum Gasteiger partial charge on any atom is -0.348 e. The lowest BCUT2D eigenvalue weighted by Gasteiger charge is -2.44. The summed E-state index contributed by atoms with van der Waals surface area (Å²) >= 11 is 0. The molecule has 0 radical (unpaired) electrons. The van der Waals surface area contributed by atoms with Crippen molar-refractivity contribution in [3.05, 3.63) is 71.8 Å². The topological polar surface area (TPSA) is 89.0 Å². The van der Waals surface area contributed by atoms with Crippen LogP contribution in [0.5, 0.6) is 0 Å². The maximum atomic E-state index is 6.11. The van der Waals surface area contributed by atoms with Gasteiger partial charge in [0.05, 0.1) is 26.4 Å². The van der Waals surface area contributed by atoms with Gasteiger partial charge in [-0.3, -0.25) is 0 Å². The van der Waals surface area contributed by atoms with Crippen molar-refractivity contribution in [1.29, 1.82) is 0 Å². The summed E-state index contributed by atoms with van der Waals surface area (Å²) in [5, 5.41) is 0. The van der Waals surface area contributed by atoms with Gasteiger partial charge in [-0.2, -0.15) is 0 Å². The lowest BCUT2D eigenvalue weighted by Crippen LogP contribution is -2.48. The molecule has 0 bridgehead atoms. The Morgan fingerprint density at radius 1 is 0.528 bits per heavy atom. The van der Waals surface area contributed by atoms with Crippen LogP contribution in [0.15, 0.2) is 60.7 Å². The van der Waals surface area contributed by atoms with Crippen LogP contribution in [-0.2, 0) is 29.8 Å². The lowest BCUT2D eigenvalue weighted by molar-refractivity contribution is -0.190. The first kappa shape index (κ1) is 25.8. The predicted molar refractivity (Wildman–Crippen MR) is 141 cm³/mol. The van der Waals surface area contributed by atoms with Gasteiger partial charge >= 0.3 is 0 Å². The van der Waals surface area contributed by atoms with E-state index >= 15 is 0 Å². The third-order valence-electron chi connectivity index (χ3n) is 8.97. The second-order valence-corrected chi connectivity index (χ2v) is 10.9. The van der Waals surface area contributed by atoms with E-state index in [4.69, 9.17) is 30.4 Å². The van der Waals surface area contributed by atoms with Gasteiger partial charge in [-0.1, -0.05) is 60.7 Å². The predicted octanol–water partition coefficient (Wildman–Crippen LogP) is 4.40. The van der Waals surface area contributed by atoms with E-state index in [1.54, 1.807) is 0 Å². The minimum atomic E-state index is -0.368. The second-order valence-electron chi connectivity index (χ2n) is 10.9. The number of ether oxygens (including phenoxy) is 4. The zero-order valence-electron chi connectivity index (χ0n) is 21.5. The minimum absolute atomic E-state index is 0.0177. The SMILES string of the molecule is NCC1(c2ccccc2)CCC2(CC1)OCCO2.NCC1(c2ccccc2)CCCC2(C1)OCCO2. The van der Waals surface area contributed by atoms with Crippen LogP contribution >= 0.6 is 0 Å². The molecule has 6 rings (SSSR count). The Morgan fingerprint density at radius 2 is 1.00 bits per heavy atom. The van der Waals surface area contributed by atoms with Crippen molar-refractivity contribution in [3.8, 4) is 0 Å². The van der Waals surface area contributed by atoms with E-state index in [0.717, 1.165) is 77.8 Å². The first-order valence-corrected chi connectivity index (χ1v) is 13.6. The van der Waals surface area contributed by atoms with Gasteiger partial charge in [-0.05, 0) is 36.8 Å². The van der Waals surface area contributed by atoms with Crippen LogP contribution < -0.4 is 11.5 Å². The summed E-state index contributed by atoms with van der Waals surface area (Å²) in [6.07, 6.45) is 8.15. The van der Waals surface area contributed by atoms with Gasteiger partial charge in [0, 0.05) is 49.6 Å². The number of hydrogen-bond donors (Lipinski definition) is 2. The van der Waals surface area contributed by atoms with Crippen molar-refractivity contribution in [2.75, 3.05) is 39.5 Å². The maximum Gasteiger partial charge on any atom is 0.169 e. The second kappa shape index (κ2) is 10.9. The van der Waals surface area contributed by atoms with Crippen LogP contribution in [0.25, 0.3) is 0 Å². The molecule has 2 heterocycles. The molecule has 1 unspecified atom stereocenters. The Balaban J connectivity index is 0.000000148. The maximum absolute atomic E-state index is 6.11. The zero-order valence-corrected chi connectivity index (χ0v) is 21.5. The molecule has 6 heteroatoms. The molecule has 4 fully saturated rings. The van der Waals surface area contributed by atoms with Gasteiger partial charge in [-0.15, -0.1) is 0 Å². The molecule has 4 N–H and O–H groups in total. The standard InChI is InChI=1S/2C15H21NO2/c16-12-14(13-5-2-1-3-6-13)7-4-8-15(11-14)17-9-10-18-15;16-12-14(13-4-2-1-3-5-13)6-8-15(9-7-14)17-10-11-18-15/h1-3,5-6H,4,7-12,16H2;1-5H,6-12,16H2. The molecule has 6 nitrogen and oxygen atoms in total. The van der Waals surface area contributed by atoms with Crippen molar-refractivity contribution in [2.45, 2.75) is 73.8 Å². The molecule has 2 saturated carbocycles. The molecule has 2 aromatic rings. The molecule has 2 aliphatic heterocycles. The quantitative estimate of drug-likeness (QED) is 0.655. The Labute approximate surface area is 215 Å². The zero-order chi connectivity index (χ0) is 25.0. The highest BCUT2D eigenvalue weighted by atomic mass is 16.7. The number of hydrogen-bond acceptors (Lipinski definition) is 6. The monoisotopic (exact) mass is 494 g/mol. The number of rotatable bonds is 4. The largest absolute Gasteiger partial charge is 0.348 e. The lowest BCUT2D eigenvalue weighted by atomic mass is 9.67. The Morgan fingerprint density at radius 3 is 1.50 bits per heavy atom. The van der Waals surface area contributed by atoms with Gasteiger partial charge in [0.2, 0.25) is 0 Å². The third-order valence-corrected chi connectivity index (χ3v) is 8.97. The average Bonchev–Trinajstić information content (AvgIpc) is 3.60. The van der Waals surface area contributed by atoms with E-state index in [1.807, 2.05) is 0 Å². The van der Waals surface area contributed by atoms with Crippen molar-refractivity contribution < 1.29 is 18.9 Å². The molecular formula is C30H42N2O4. The fraction of sp³-hybridized carbons (Fsp3) is 0.600. The van der Waals surface area contributed by atoms with E-state index in [1.165, 1.54) is 11.1 Å². The molecule has 0 amide bonds. The molecule has 2 saturated heterocycles. The normalized spacial score (nSPS) is 28.1. The highest BCUT2D eigenvalue weighted by molar-refractivity contribution is 5.28. The van der Waals surface area contributed by atoms with Gasteiger partial charge in [-0.25, -0.2) is 0 Å². The van der Waals surface area contributed by atoms with Crippen LogP contribution in [0.4, 0.5) is 0 Å². The molecular weight excluding hydrogens is 452 g/mol. The molecule has 4 aliphatic rings. The first-order valence-electron chi connectivity index (χ1n) is 13.6. The number of nitrogens with two attached hydrogens (primary N) is 2. The Hall–Kier alpha value is -1.80. The summed E-state index contributed by atoms with van der Waals surface area (Å²) in [6, 6.07) is 21.2. The Kier molecular flexibility index (Phi) is 7.82. The molecule has 196 valence electrons. The van der Waals surface area contributed by atoms with Gasteiger partial charge in [0.25, 0.3) is 0 Å². The third kappa shape index (κ3) is 5.13. The van der Waals surface area contributed by atoms with Crippen molar-refractivity contribution in [1.82, 2.24) is 0 Å². The van der Waals surface area contributed by atoms with Crippen LogP contribution in [0.2, 0.25) is 0 Å². The summed E-state index contributed by atoms with van der Waals surface area (Å²) in [7, 11) is 0. The van der Waals surface area contributed by atoms with Crippen LogP contribution in [0.3, 0.4) is 0 Å². The highest BCUT2D eigenvalue weighted by Gasteiger charge is 2.49. The molecule has 1 atom stereocenters. The van der Waals surface area contributed by atoms with Gasteiger partial charge in [0.1, 0.15) is 0 Å². The van der Waals surface area contributed by atoms with E-state index in [0.29, 0.717) is 13.1 Å². The summed E-state index contributed by atoms with van der Waals surface area (Å²) in [5.74, 6) is -0.666.